The van der Waals surface area contributed by atoms with Gasteiger partial charge >= 0.3 is 0 Å². The summed E-state index contributed by atoms with van der Waals surface area (Å²) in [7, 11) is 0. The van der Waals surface area contributed by atoms with Crippen LogP contribution in [0, 0.1) is 5.92 Å². The summed E-state index contributed by atoms with van der Waals surface area (Å²) in [5.74, 6) is 0.350. The van der Waals surface area contributed by atoms with Crippen LogP contribution in [-0.4, -0.2) is 0 Å². The fraction of sp³-hybridized carbons (Fsp3) is 0.152. The van der Waals surface area contributed by atoms with Crippen molar-refractivity contribution < 1.29 is 0 Å². The number of fused-ring (bicyclic) bond motifs is 14. The number of anilines is 6. The molecule has 5 aliphatic rings. The molecular formula is C92H74N2. The molecule has 2 heteroatoms. The van der Waals surface area contributed by atoms with Crippen LogP contribution < -0.4 is 9.80 Å². The summed E-state index contributed by atoms with van der Waals surface area (Å²) < 4.78 is 0. The average Bonchev–Trinajstić information content (AvgIpc) is 1.58. The van der Waals surface area contributed by atoms with Crippen molar-refractivity contribution in [1.82, 2.24) is 0 Å². The zero-order valence-electron chi connectivity index (χ0n) is 54.8. The van der Waals surface area contributed by atoms with Gasteiger partial charge < -0.3 is 9.80 Å². The largest absolute Gasteiger partial charge is 0.310 e. The number of benzene rings is 13. The molecule has 0 saturated carbocycles. The number of hydrogen-bond acceptors (Lipinski definition) is 2. The summed E-state index contributed by atoms with van der Waals surface area (Å²) in [6.45, 7) is 19.3. The molecule has 13 aromatic carbocycles. The van der Waals surface area contributed by atoms with Crippen molar-refractivity contribution in [3.05, 3.63) is 335 Å². The number of allylic oxidation sites excluding steroid dienone is 4. The third-order valence-electron chi connectivity index (χ3n) is 22.7. The highest BCUT2D eigenvalue weighted by molar-refractivity contribution is 5.96. The van der Waals surface area contributed by atoms with Crippen molar-refractivity contribution in [3.8, 4) is 55.6 Å². The molecule has 0 amide bonds. The van der Waals surface area contributed by atoms with Gasteiger partial charge in [-0.15, -0.1) is 0 Å². The summed E-state index contributed by atoms with van der Waals surface area (Å²) in [5, 5.41) is 4.93. The summed E-state index contributed by atoms with van der Waals surface area (Å²) in [6.07, 6.45) is 5.87. The van der Waals surface area contributed by atoms with E-state index < -0.39 is 0 Å². The molecule has 0 heterocycles. The minimum absolute atomic E-state index is 0.0860. The van der Waals surface area contributed by atoms with Crippen molar-refractivity contribution >= 4 is 66.8 Å². The van der Waals surface area contributed by atoms with Crippen LogP contribution in [0.2, 0.25) is 0 Å². The maximum atomic E-state index is 2.53. The van der Waals surface area contributed by atoms with Crippen LogP contribution in [0.5, 0.6) is 0 Å². The molecule has 94 heavy (non-hydrogen) atoms. The van der Waals surface area contributed by atoms with Crippen molar-refractivity contribution in [2.75, 3.05) is 9.80 Å². The van der Waals surface area contributed by atoms with E-state index in [2.05, 4.69) is 350 Å². The molecule has 0 bridgehead atoms. The van der Waals surface area contributed by atoms with Gasteiger partial charge in [-0.2, -0.15) is 0 Å². The Morgan fingerprint density at radius 2 is 0.617 bits per heavy atom. The Bertz CT molecular complexity index is 5450. The molecule has 1 unspecified atom stereocenters. The second-order valence-corrected chi connectivity index (χ2v) is 29.3. The highest BCUT2D eigenvalue weighted by Gasteiger charge is 2.45. The first-order valence-electron chi connectivity index (χ1n) is 33.7. The molecule has 18 rings (SSSR count). The first-order valence-corrected chi connectivity index (χ1v) is 33.7. The van der Waals surface area contributed by atoms with Gasteiger partial charge in [0.05, 0.1) is 0 Å². The van der Waals surface area contributed by atoms with Crippen LogP contribution in [0.25, 0.3) is 88.3 Å². The van der Waals surface area contributed by atoms with E-state index in [0.29, 0.717) is 5.92 Å². The molecule has 2 nitrogen and oxygen atoms in total. The van der Waals surface area contributed by atoms with Crippen LogP contribution in [-0.2, 0) is 21.7 Å². The lowest BCUT2D eigenvalue weighted by atomic mass is 9.71. The van der Waals surface area contributed by atoms with Gasteiger partial charge in [-0.05, 0) is 247 Å². The van der Waals surface area contributed by atoms with E-state index in [-0.39, 0.29) is 21.7 Å². The minimum Gasteiger partial charge on any atom is -0.310 e. The van der Waals surface area contributed by atoms with E-state index in [9.17, 15) is 0 Å². The Morgan fingerprint density at radius 1 is 0.255 bits per heavy atom. The predicted molar refractivity (Wildman–Crippen MR) is 398 cm³/mol. The molecule has 1 atom stereocenters. The molecule has 0 aromatic heterocycles. The highest BCUT2D eigenvalue weighted by atomic mass is 15.1. The molecule has 452 valence electrons. The van der Waals surface area contributed by atoms with E-state index in [1.165, 1.54) is 138 Å². The quantitative estimate of drug-likeness (QED) is 0.142. The lowest BCUT2D eigenvalue weighted by Gasteiger charge is -2.32. The second-order valence-electron chi connectivity index (χ2n) is 29.3. The van der Waals surface area contributed by atoms with E-state index >= 15 is 0 Å². The average molecular weight is 1210 g/mol. The maximum absolute atomic E-state index is 2.53. The smallest absolute Gasteiger partial charge is 0.0468 e. The number of hydrogen-bond donors (Lipinski definition) is 0. The predicted octanol–water partition coefficient (Wildman–Crippen LogP) is 25.0. The fourth-order valence-electron chi connectivity index (χ4n) is 17.5. The summed E-state index contributed by atoms with van der Waals surface area (Å²) >= 11 is 0. The molecule has 0 fully saturated rings. The molecule has 0 aliphatic heterocycles. The van der Waals surface area contributed by atoms with Crippen molar-refractivity contribution in [2.45, 2.75) is 83.5 Å². The molecule has 0 saturated heterocycles. The van der Waals surface area contributed by atoms with E-state index in [4.69, 9.17) is 0 Å². The summed E-state index contributed by atoms with van der Waals surface area (Å²) in [5.41, 5.74) is 34.5. The molecule has 0 spiro atoms. The second kappa shape index (κ2) is 20.5. The Balaban J connectivity index is 0.639. The van der Waals surface area contributed by atoms with Gasteiger partial charge in [-0.25, -0.2) is 0 Å². The van der Waals surface area contributed by atoms with Crippen LogP contribution in [0.3, 0.4) is 0 Å². The van der Waals surface area contributed by atoms with Crippen molar-refractivity contribution in [1.29, 1.82) is 0 Å². The van der Waals surface area contributed by atoms with Gasteiger partial charge in [-0.3, -0.25) is 0 Å². The van der Waals surface area contributed by atoms with Gasteiger partial charge in [0.2, 0.25) is 0 Å². The van der Waals surface area contributed by atoms with Gasteiger partial charge in [0.15, 0.2) is 0 Å². The first-order chi connectivity index (χ1) is 45.6. The highest BCUT2D eigenvalue weighted by Crippen LogP contribution is 2.58. The standard InChI is InChI=1S/C92H74N2/c1-89(2)81-29-15-13-27-73(81)79-45-39-71(55-87(79)89)93(69-37-31-57-19-9-11-21-59(57)47-69)67-25-17-23-61(49-67)63-33-41-75-77-43-35-65(53-85(77)91(5,6)83(75)51-63)66-36-44-78-76-42-34-64(52-84(76)92(7,8)86(78)54-66)62-24-18-26-68(50-62)94(70-38-32-58-20-10-12-22-60(58)48-70)72-40-46-80-74-28-14-16-30-82(74)90(3,4)88(80)56-72/h9-53,55-56,86H,54H2,1-8H3. The Labute approximate surface area is 553 Å². The maximum Gasteiger partial charge on any atom is 0.0468 e. The Hall–Kier alpha value is -10.5. The van der Waals surface area contributed by atoms with E-state index in [1.54, 1.807) is 0 Å². The lowest BCUT2D eigenvalue weighted by molar-refractivity contribution is 0.418. The molecule has 13 aromatic rings. The zero-order chi connectivity index (χ0) is 63.6. The van der Waals surface area contributed by atoms with Crippen LogP contribution in [0.4, 0.5) is 34.1 Å². The number of nitrogens with zero attached hydrogens (tertiary/aromatic N) is 2. The van der Waals surface area contributed by atoms with E-state index in [1.807, 2.05) is 0 Å². The van der Waals surface area contributed by atoms with Gasteiger partial charge in [0.1, 0.15) is 0 Å². The van der Waals surface area contributed by atoms with Gasteiger partial charge in [0, 0.05) is 50.4 Å². The fourth-order valence-corrected chi connectivity index (χ4v) is 17.5. The monoisotopic (exact) mass is 1210 g/mol. The Morgan fingerprint density at radius 3 is 1.14 bits per heavy atom. The lowest BCUT2D eigenvalue weighted by Crippen LogP contribution is -2.25. The summed E-state index contributed by atoms with van der Waals surface area (Å²) in [4.78, 5) is 4.92. The van der Waals surface area contributed by atoms with Crippen LogP contribution >= 0.6 is 0 Å². The van der Waals surface area contributed by atoms with Crippen LogP contribution in [0.15, 0.2) is 285 Å². The minimum atomic E-state index is -0.204. The summed E-state index contributed by atoms with van der Waals surface area (Å²) in [6, 6.07) is 104. The topological polar surface area (TPSA) is 6.48 Å². The SMILES string of the molecule is CC1(C)c2cc(C3=CC=C4c5ccc(-c6cccc(N(c7ccc8c(c7)C(C)(C)c7ccccc7-8)c7ccc8ccccc8c7)c6)cc5C(C)(C)C4C3)ccc2-c2ccc(-c3cccc(N(c4ccc5c(c4)C(C)(C)c4ccccc4-5)c4ccc5ccccc5c4)c3)cc21. The van der Waals surface area contributed by atoms with Gasteiger partial charge in [0.25, 0.3) is 0 Å². The normalized spacial score (nSPS) is 16.6. The van der Waals surface area contributed by atoms with Crippen LogP contribution in [0.1, 0.15) is 112 Å². The molecule has 0 radical (unpaired) electrons. The van der Waals surface area contributed by atoms with Crippen molar-refractivity contribution in [2.24, 2.45) is 5.92 Å². The third kappa shape index (κ3) is 8.47. The zero-order valence-corrected chi connectivity index (χ0v) is 54.8. The third-order valence-corrected chi connectivity index (χ3v) is 22.7. The number of rotatable bonds is 9. The molecule has 5 aliphatic carbocycles. The molecule has 0 N–H and O–H groups in total. The molecular weight excluding hydrogens is 1130 g/mol. The first kappa shape index (κ1) is 56.2. The van der Waals surface area contributed by atoms with E-state index in [0.717, 1.165) is 40.5 Å². The van der Waals surface area contributed by atoms with Crippen molar-refractivity contribution in [3.63, 3.8) is 0 Å². The van der Waals surface area contributed by atoms with Gasteiger partial charge in [-0.1, -0.05) is 250 Å². The Kier molecular flexibility index (Phi) is 12.3.